The van der Waals surface area contributed by atoms with E-state index < -0.39 is 5.97 Å². The molecule has 14 heavy (non-hydrogen) atoms. The highest BCUT2D eigenvalue weighted by Crippen LogP contribution is 2.22. The molecule has 5 heteroatoms. The van der Waals surface area contributed by atoms with Crippen molar-refractivity contribution in [1.82, 2.24) is 9.97 Å². The Morgan fingerprint density at radius 3 is 2.79 bits per heavy atom. The van der Waals surface area contributed by atoms with Gasteiger partial charge in [-0.1, -0.05) is 0 Å². The summed E-state index contributed by atoms with van der Waals surface area (Å²) in [6.07, 6.45) is 5.58. The van der Waals surface area contributed by atoms with Crippen molar-refractivity contribution in [2.75, 3.05) is 18.0 Å². The van der Waals surface area contributed by atoms with E-state index in [4.69, 9.17) is 5.11 Å². The number of hydrogen-bond donors (Lipinski definition) is 1. The number of aliphatic carboxylic acids is 1. The molecule has 1 aromatic heterocycles. The van der Waals surface area contributed by atoms with Crippen molar-refractivity contribution in [2.24, 2.45) is 5.92 Å². The minimum Gasteiger partial charge on any atom is -0.481 e. The van der Waals surface area contributed by atoms with Gasteiger partial charge in [-0.2, -0.15) is 0 Å². The first-order valence-corrected chi connectivity index (χ1v) is 4.50. The molecule has 0 saturated carbocycles. The largest absolute Gasteiger partial charge is 0.481 e. The van der Waals surface area contributed by atoms with Crippen LogP contribution in [0.1, 0.15) is 6.42 Å². The first kappa shape index (κ1) is 8.93. The fourth-order valence-corrected chi connectivity index (χ4v) is 1.65. The number of carboxylic acid groups (broad SMARTS) is 1. The summed E-state index contributed by atoms with van der Waals surface area (Å²) in [5.74, 6) is -0.973. The molecule has 5 nitrogen and oxygen atoms in total. The van der Waals surface area contributed by atoms with Crippen LogP contribution in [0.25, 0.3) is 0 Å². The molecule has 1 N–H and O–H groups in total. The van der Waals surface area contributed by atoms with Crippen molar-refractivity contribution >= 4 is 11.7 Å². The van der Waals surface area contributed by atoms with Gasteiger partial charge in [0.2, 0.25) is 0 Å². The summed E-state index contributed by atoms with van der Waals surface area (Å²) in [4.78, 5) is 20.5. The van der Waals surface area contributed by atoms with Gasteiger partial charge < -0.3 is 10.0 Å². The van der Waals surface area contributed by atoms with E-state index in [1.54, 1.807) is 12.4 Å². The van der Waals surface area contributed by atoms with Gasteiger partial charge >= 0.3 is 5.97 Å². The van der Waals surface area contributed by atoms with Gasteiger partial charge in [-0.15, -0.1) is 0 Å². The van der Waals surface area contributed by atoms with Gasteiger partial charge in [0, 0.05) is 13.1 Å². The highest BCUT2D eigenvalue weighted by atomic mass is 16.4. The number of carboxylic acids is 1. The molecule has 0 aliphatic carbocycles. The third-order valence-corrected chi connectivity index (χ3v) is 2.45. The zero-order valence-electron chi connectivity index (χ0n) is 7.63. The van der Waals surface area contributed by atoms with Crippen molar-refractivity contribution in [2.45, 2.75) is 6.42 Å². The minimum absolute atomic E-state index is 0.254. The van der Waals surface area contributed by atoms with Gasteiger partial charge in [-0.25, -0.2) is 9.97 Å². The van der Waals surface area contributed by atoms with Crippen molar-refractivity contribution in [3.63, 3.8) is 0 Å². The minimum atomic E-state index is -0.718. The summed E-state index contributed by atoms with van der Waals surface area (Å²) in [7, 11) is 0. The fraction of sp³-hybridized carbons (Fsp3) is 0.444. The Hall–Kier alpha value is -1.65. The Morgan fingerprint density at radius 2 is 2.21 bits per heavy atom. The van der Waals surface area contributed by atoms with Crippen LogP contribution in [0.2, 0.25) is 0 Å². The van der Waals surface area contributed by atoms with Crippen LogP contribution in [0.15, 0.2) is 18.7 Å². The smallest absolute Gasteiger partial charge is 0.308 e. The lowest BCUT2D eigenvalue weighted by Crippen LogP contribution is -2.22. The van der Waals surface area contributed by atoms with E-state index in [1.807, 2.05) is 4.90 Å². The Morgan fingerprint density at radius 1 is 1.50 bits per heavy atom. The fourth-order valence-electron chi connectivity index (χ4n) is 1.65. The third-order valence-electron chi connectivity index (χ3n) is 2.45. The molecule has 1 atom stereocenters. The van der Waals surface area contributed by atoms with Gasteiger partial charge in [-0.3, -0.25) is 4.79 Å². The molecule has 0 spiro atoms. The van der Waals surface area contributed by atoms with Gasteiger partial charge in [0.05, 0.1) is 24.0 Å². The second-order valence-corrected chi connectivity index (χ2v) is 3.37. The number of aromatic nitrogens is 2. The molecule has 1 unspecified atom stereocenters. The molecular weight excluding hydrogens is 182 g/mol. The molecule has 74 valence electrons. The van der Waals surface area contributed by atoms with Crippen LogP contribution >= 0.6 is 0 Å². The second-order valence-electron chi connectivity index (χ2n) is 3.37. The zero-order chi connectivity index (χ0) is 9.97. The second kappa shape index (κ2) is 3.61. The summed E-state index contributed by atoms with van der Waals surface area (Å²) < 4.78 is 0. The van der Waals surface area contributed by atoms with Gasteiger partial charge in [0.1, 0.15) is 6.33 Å². The molecule has 1 saturated heterocycles. The molecule has 1 fully saturated rings. The first-order chi connectivity index (χ1) is 6.77. The van der Waals surface area contributed by atoms with E-state index in [1.165, 1.54) is 6.33 Å². The van der Waals surface area contributed by atoms with E-state index in [-0.39, 0.29) is 5.92 Å². The Bertz CT molecular complexity index is 328. The van der Waals surface area contributed by atoms with Gasteiger partial charge in [0.25, 0.3) is 0 Å². The quantitative estimate of drug-likeness (QED) is 0.735. The summed E-state index contributed by atoms with van der Waals surface area (Å²) in [5.41, 5.74) is 0.899. The lowest BCUT2D eigenvalue weighted by molar-refractivity contribution is -0.140. The summed E-state index contributed by atoms with van der Waals surface area (Å²) in [6, 6.07) is 0. The van der Waals surface area contributed by atoms with Crippen LogP contribution in [-0.2, 0) is 4.79 Å². The summed E-state index contributed by atoms with van der Waals surface area (Å²) >= 11 is 0. The monoisotopic (exact) mass is 193 g/mol. The predicted octanol–water partition coefficient (Wildman–Crippen LogP) is 0.388. The molecule has 1 aromatic rings. The number of anilines is 1. The van der Waals surface area contributed by atoms with E-state index in [9.17, 15) is 4.79 Å². The molecule has 1 aliphatic rings. The molecule has 0 radical (unpaired) electrons. The van der Waals surface area contributed by atoms with Crippen LogP contribution in [0.3, 0.4) is 0 Å². The van der Waals surface area contributed by atoms with Crippen molar-refractivity contribution in [3.05, 3.63) is 18.7 Å². The number of rotatable bonds is 2. The Balaban J connectivity index is 2.06. The van der Waals surface area contributed by atoms with Crippen LogP contribution in [0, 0.1) is 5.92 Å². The van der Waals surface area contributed by atoms with Gasteiger partial charge in [-0.05, 0) is 6.42 Å². The maximum atomic E-state index is 10.7. The van der Waals surface area contributed by atoms with E-state index in [0.29, 0.717) is 13.0 Å². The molecule has 0 bridgehead atoms. The highest BCUT2D eigenvalue weighted by Gasteiger charge is 2.28. The molecule has 1 aliphatic heterocycles. The number of carbonyl (C=O) groups is 1. The Kier molecular flexibility index (Phi) is 2.30. The summed E-state index contributed by atoms with van der Waals surface area (Å²) in [6.45, 7) is 1.33. The predicted molar refractivity (Wildman–Crippen MR) is 50.0 cm³/mol. The normalized spacial score (nSPS) is 21.1. The highest BCUT2D eigenvalue weighted by molar-refractivity contribution is 5.72. The van der Waals surface area contributed by atoms with E-state index in [2.05, 4.69) is 9.97 Å². The third kappa shape index (κ3) is 1.66. The standard InChI is InChI=1S/C9H11N3O2/c13-9(14)7-1-2-12(5-7)8-3-10-6-11-4-8/h3-4,6-7H,1-2,5H2,(H,13,14). The maximum Gasteiger partial charge on any atom is 0.308 e. The molecule has 2 heterocycles. The van der Waals surface area contributed by atoms with E-state index >= 15 is 0 Å². The average molecular weight is 193 g/mol. The molecular formula is C9H11N3O2. The average Bonchev–Trinajstić information content (AvgIpc) is 2.68. The molecule has 2 rings (SSSR count). The van der Waals surface area contributed by atoms with Crippen LogP contribution < -0.4 is 4.90 Å². The maximum absolute atomic E-state index is 10.7. The first-order valence-electron chi connectivity index (χ1n) is 4.50. The van der Waals surface area contributed by atoms with E-state index in [0.717, 1.165) is 12.2 Å². The van der Waals surface area contributed by atoms with Crippen LogP contribution in [-0.4, -0.2) is 34.1 Å². The number of hydrogen-bond acceptors (Lipinski definition) is 4. The Labute approximate surface area is 81.4 Å². The van der Waals surface area contributed by atoms with Crippen LogP contribution in [0.5, 0.6) is 0 Å². The summed E-state index contributed by atoms with van der Waals surface area (Å²) in [5, 5.41) is 8.82. The van der Waals surface area contributed by atoms with Crippen LogP contribution in [0.4, 0.5) is 5.69 Å². The van der Waals surface area contributed by atoms with Crippen molar-refractivity contribution in [1.29, 1.82) is 0 Å². The topological polar surface area (TPSA) is 66.3 Å². The number of nitrogens with zero attached hydrogens (tertiary/aromatic N) is 3. The molecule has 0 amide bonds. The lowest BCUT2D eigenvalue weighted by Gasteiger charge is -2.16. The SMILES string of the molecule is O=C(O)C1CCN(c2cncnc2)C1. The lowest BCUT2D eigenvalue weighted by atomic mass is 10.1. The van der Waals surface area contributed by atoms with Crippen molar-refractivity contribution < 1.29 is 9.90 Å². The van der Waals surface area contributed by atoms with Gasteiger partial charge in [0.15, 0.2) is 0 Å². The zero-order valence-corrected chi connectivity index (χ0v) is 7.63. The van der Waals surface area contributed by atoms with Crippen molar-refractivity contribution in [3.8, 4) is 0 Å². The molecule has 0 aromatic carbocycles.